The van der Waals surface area contributed by atoms with Crippen LogP contribution in [-0.4, -0.2) is 44.9 Å². The minimum Gasteiger partial charge on any atom is -0.492 e. The van der Waals surface area contributed by atoms with Gasteiger partial charge in [0.05, 0.1) is 28.3 Å². The van der Waals surface area contributed by atoms with E-state index < -0.39 is 10.0 Å². The molecule has 1 N–H and O–H groups in total. The first kappa shape index (κ1) is 25.8. The van der Waals surface area contributed by atoms with Crippen molar-refractivity contribution in [3.05, 3.63) is 63.6 Å². The van der Waals surface area contributed by atoms with Crippen LogP contribution < -0.4 is 10.1 Å². The second kappa shape index (κ2) is 12.1. The standard InChI is InChI=1S/C24H30Cl2N2O4S/c1-2-4-18-6-9-21(10-7-18)32-14-12-27-24(29)20-5-3-13-28(16-20)33(30,31)17-19-8-11-22(25)23(26)15-19/h6-11,15,20H,2-5,12-14,16-17H2,1H3,(H,27,29)/t20-/m1/s1. The number of benzene rings is 2. The molecule has 0 radical (unpaired) electrons. The van der Waals surface area contributed by atoms with E-state index in [1.165, 1.54) is 9.87 Å². The lowest BCUT2D eigenvalue weighted by molar-refractivity contribution is -0.126. The number of amides is 1. The summed E-state index contributed by atoms with van der Waals surface area (Å²) >= 11 is 11.9. The third kappa shape index (κ3) is 7.60. The third-order valence-corrected chi connectivity index (χ3v) is 8.17. The molecule has 1 saturated heterocycles. The second-order valence-corrected chi connectivity index (χ2v) is 11.0. The number of hydrogen-bond donors (Lipinski definition) is 1. The van der Waals surface area contributed by atoms with Crippen molar-refractivity contribution in [1.82, 2.24) is 9.62 Å². The van der Waals surface area contributed by atoms with Gasteiger partial charge in [-0.1, -0.05) is 54.7 Å². The highest BCUT2D eigenvalue weighted by atomic mass is 35.5. The molecule has 2 aromatic carbocycles. The topological polar surface area (TPSA) is 75.7 Å². The van der Waals surface area contributed by atoms with Crippen molar-refractivity contribution in [2.75, 3.05) is 26.2 Å². The maximum atomic E-state index is 12.9. The summed E-state index contributed by atoms with van der Waals surface area (Å²) in [4.78, 5) is 12.6. The van der Waals surface area contributed by atoms with Crippen LogP contribution >= 0.6 is 23.2 Å². The van der Waals surface area contributed by atoms with Crippen LogP contribution in [-0.2, 0) is 27.0 Å². The molecular formula is C24H30Cl2N2O4S. The predicted molar refractivity (Wildman–Crippen MR) is 132 cm³/mol. The van der Waals surface area contributed by atoms with Crippen LogP contribution in [0.4, 0.5) is 0 Å². The van der Waals surface area contributed by atoms with Crippen LogP contribution in [0.1, 0.15) is 37.3 Å². The molecule has 0 aliphatic carbocycles. The van der Waals surface area contributed by atoms with Crippen molar-refractivity contribution in [1.29, 1.82) is 0 Å². The van der Waals surface area contributed by atoms with Crippen molar-refractivity contribution in [3.63, 3.8) is 0 Å². The lowest BCUT2D eigenvalue weighted by atomic mass is 9.99. The monoisotopic (exact) mass is 512 g/mol. The Labute approximate surface area is 206 Å². The van der Waals surface area contributed by atoms with Crippen molar-refractivity contribution in [2.24, 2.45) is 5.92 Å². The fourth-order valence-corrected chi connectivity index (χ4v) is 5.79. The molecule has 1 fully saturated rings. The Morgan fingerprint density at radius 3 is 2.55 bits per heavy atom. The van der Waals surface area contributed by atoms with E-state index in [-0.39, 0.29) is 24.1 Å². The zero-order valence-electron chi connectivity index (χ0n) is 18.7. The summed E-state index contributed by atoms with van der Waals surface area (Å²) in [5, 5.41) is 3.57. The molecule has 0 bridgehead atoms. The van der Waals surface area contributed by atoms with Gasteiger partial charge in [-0.3, -0.25) is 4.79 Å². The highest BCUT2D eigenvalue weighted by molar-refractivity contribution is 7.88. The van der Waals surface area contributed by atoms with Crippen molar-refractivity contribution >= 4 is 39.1 Å². The zero-order valence-corrected chi connectivity index (χ0v) is 21.1. The first-order valence-corrected chi connectivity index (χ1v) is 13.6. The molecular weight excluding hydrogens is 483 g/mol. The SMILES string of the molecule is CCCc1ccc(OCCNC(=O)[C@@H]2CCCN(S(=O)(=O)Cc3ccc(Cl)c(Cl)c3)C2)cc1. The highest BCUT2D eigenvalue weighted by Crippen LogP contribution is 2.26. The quantitative estimate of drug-likeness (QED) is 0.468. The minimum absolute atomic E-state index is 0.147. The Balaban J connectivity index is 1.46. The van der Waals surface area contributed by atoms with Crippen molar-refractivity contribution in [3.8, 4) is 5.75 Å². The first-order valence-electron chi connectivity index (χ1n) is 11.2. The zero-order chi connectivity index (χ0) is 23.8. The number of piperidine rings is 1. The molecule has 1 aliphatic rings. The van der Waals surface area contributed by atoms with Gasteiger partial charge in [-0.25, -0.2) is 12.7 Å². The summed E-state index contributed by atoms with van der Waals surface area (Å²) in [6.45, 7) is 3.44. The predicted octanol–water partition coefficient (Wildman–Crippen LogP) is 4.68. The van der Waals surface area contributed by atoms with Gasteiger partial charge >= 0.3 is 0 Å². The summed E-state index contributed by atoms with van der Waals surface area (Å²) in [6, 6.07) is 12.8. The molecule has 3 rings (SSSR count). The molecule has 1 amide bonds. The van der Waals surface area contributed by atoms with E-state index in [0.29, 0.717) is 48.1 Å². The number of nitrogens with zero attached hydrogens (tertiary/aromatic N) is 1. The number of carbonyl (C=O) groups is 1. The largest absolute Gasteiger partial charge is 0.492 e. The lowest BCUT2D eigenvalue weighted by Gasteiger charge is -2.31. The summed E-state index contributed by atoms with van der Waals surface area (Å²) < 4.78 is 32.9. The summed E-state index contributed by atoms with van der Waals surface area (Å²) in [5.74, 6) is 0.0617. The van der Waals surface area contributed by atoms with Gasteiger partial charge in [0.15, 0.2) is 0 Å². The van der Waals surface area contributed by atoms with Crippen molar-refractivity contribution < 1.29 is 17.9 Å². The van der Waals surface area contributed by atoms with E-state index in [0.717, 1.165) is 18.6 Å². The van der Waals surface area contributed by atoms with Gasteiger partial charge in [0.1, 0.15) is 12.4 Å². The van der Waals surface area contributed by atoms with Gasteiger partial charge in [-0.15, -0.1) is 0 Å². The van der Waals surface area contributed by atoms with E-state index in [9.17, 15) is 13.2 Å². The Morgan fingerprint density at radius 1 is 1.12 bits per heavy atom. The molecule has 0 saturated carbocycles. The first-order chi connectivity index (χ1) is 15.8. The maximum absolute atomic E-state index is 12.9. The number of nitrogens with one attached hydrogen (secondary N) is 1. The van der Waals surface area contributed by atoms with Crippen LogP contribution in [0, 0.1) is 5.92 Å². The fraction of sp³-hybridized carbons (Fsp3) is 0.458. The molecule has 1 atom stereocenters. The Hall–Kier alpha value is -1.80. The van der Waals surface area contributed by atoms with Crippen LogP contribution in [0.15, 0.2) is 42.5 Å². The summed E-state index contributed by atoms with van der Waals surface area (Å²) in [5.41, 5.74) is 1.84. The fourth-order valence-electron chi connectivity index (χ4n) is 3.87. The summed E-state index contributed by atoms with van der Waals surface area (Å²) in [6.07, 6.45) is 3.43. The van der Waals surface area contributed by atoms with E-state index >= 15 is 0 Å². The molecule has 0 spiro atoms. The van der Waals surface area contributed by atoms with Gasteiger partial charge < -0.3 is 10.1 Å². The highest BCUT2D eigenvalue weighted by Gasteiger charge is 2.32. The Bertz CT molecular complexity index is 1040. The molecule has 0 unspecified atom stereocenters. The van der Waals surface area contributed by atoms with Gasteiger partial charge in [-0.2, -0.15) is 0 Å². The lowest BCUT2D eigenvalue weighted by Crippen LogP contribution is -2.46. The van der Waals surface area contributed by atoms with E-state index in [1.54, 1.807) is 18.2 Å². The van der Waals surface area contributed by atoms with Crippen LogP contribution in [0.5, 0.6) is 5.75 Å². The smallest absolute Gasteiger partial charge is 0.224 e. The molecule has 1 heterocycles. The Morgan fingerprint density at radius 2 is 1.85 bits per heavy atom. The second-order valence-electron chi connectivity index (χ2n) is 8.24. The van der Waals surface area contributed by atoms with Gasteiger partial charge in [-0.05, 0) is 54.7 Å². The molecule has 33 heavy (non-hydrogen) atoms. The third-order valence-electron chi connectivity index (χ3n) is 5.61. The number of halogens is 2. The van der Waals surface area contributed by atoms with E-state index in [1.807, 2.05) is 24.3 Å². The number of sulfonamides is 1. The number of carbonyl (C=O) groups excluding carboxylic acids is 1. The van der Waals surface area contributed by atoms with Crippen molar-refractivity contribution in [2.45, 2.75) is 38.4 Å². The minimum atomic E-state index is -3.57. The summed E-state index contributed by atoms with van der Waals surface area (Å²) in [7, 11) is -3.57. The number of aryl methyl sites for hydroxylation is 1. The number of rotatable bonds is 10. The molecule has 2 aromatic rings. The van der Waals surface area contributed by atoms with E-state index in [4.69, 9.17) is 27.9 Å². The normalized spacial score (nSPS) is 17.0. The van der Waals surface area contributed by atoms with Gasteiger partial charge in [0.2, 0.25) is 15.9 Å². The molecule has 9 heteroatoms. The molecule has 1 aliphatic heterocycles. The molecule has 180 valence electrons. The van der Waals surface area contributed by atoms with Gasteiger partial charge in [0.25, 0.3) is 0 Å². The number of hydrogen-bond acceptors (Lipinski definition) is 4. The van der Waals surface area contributed by atoms with Crippen LogP contribution in [0.25, 0.3) is 0 Å². The van der Waals surface area contributed by atoms with E-state index in [2.05, 4.69) is 12.2 Å². The average Bonchev–Trinajstić information content (AvgIpc) is 2.80. The number of ether oxygens (including phenoxy) is 1. The Kier molecular flexibility index (Phi) is 9.44. The maximum Gasteiger partial charge on any atom is 0.224 e. The average molecular weight is 513 g/mol. The van der Waals surface area contributed by atoms with Crippen LogP contribution in [0.2, 0.25) is 10.0 Å². The van der Waals surface area contributed by atoms with Crippen LogP contribution in [0.3, 0.4) is 0 Å². The van der Waals surface area contributed by atoms with Gasteiger partial charge in [0, 0.05) is 13.1 Å². The molecule has 6 nitrogen and oxygen atoms in total. The molecule has 0 aromatic heterocycles.